The Kier molecular flexibility index (Phi) is 4.43. The molecule has 0 amide bonds. The first-order valence-corrected chi connectivity index (χ1v) is 9.26. The maximum Gasteiger partial charge on any atom is 0.122 e. The van der Waals surface area contributed by atoms with Crippen LogP contribution < -0.4 is 5.32 Å². The number of hydrogen-bond donors (Lipinski definition) is 1. The van der Waals surface area contributed by atoms with Crippen LogP contribution in [0.2, 0.25) is 0 Å². The van der Waals surface area contributed by atoms with E-state index in [1.165, 1.54) is 57.6 Å². The van der Waals surface area contributed by atoms with Gasteiger partial charge in [-0.25, -0.2) is 4.98 Å². The lowest BCUT2D eigenvalue weighted by Gasteiger charge is -2.30. The summed E-state index contributed by atoms with van der Waals surface area (Å²) in [7, 11) is 2.11. The minimum Gasteiger partial charge on any atom is -0.381 e. The van der Waals surface area contributed by atoms with Gasteiger partial charge in [0.15, 0.2) is 0 Å². The lowest BCUT2D eigenvalue weighted by Crippen LogP contribution is -2.37. The van der Waals surface area contributed by atoms with Gasteiger partial charge in [0.1, 0.15) is 5.82 Å². The zero-order valence-electron chi connectivity index (χ0n) is 14.3. The number of ether oxygens (including phenoxy) is 1. The fourth-order valence-corrected chi connectivity index (χ4v) is 4.54. The van der Waals surface area contributed by atoms with E-state index in [0.717, 1.165) is 31.7 Å². The van der Waals surface area contributed by atoms with Gasteiger partial charge in [0.05, 0.1) is 6.54 Å². The van der Waals surface area contributed by atoms with Crippen molar-refractivity contribution in [1.82, 2.24) is 19.8 Å². The van der Waals surface area contributed by atoms with Crippen LogP contribution in [0.15, 0.2) is 12.4 Å². The van der Waals surface area contributed by atoms with Gasteiger partial charge in [0.25, 0.3) is 0 Å². The molecule has 3 heterocycles. The summed E-state index contributed by atoms with van der Waals surface area (Å²) < 4.78 is 7.73. The summed E-state index contributed by atoms with van der Waals surface area (Å²) >= 11 is 0. The van der Waals surface area contributed by atoms with Crippen LogP contribution in [0.4, 0.5) is 0 Å². The van der Waals surface area contributed by atoms with Gasteiger partial charge < -0.3 is 14.6 Å². The molecular weight excluding hydrogens is 288 g/mol. The molecule has 1 aliphatic carbocycles. The van der Waals surface area contributed by atoms with E-state index in [2.05, 4.69) is 33.0 Å². The first-order chi connectivity index (χ1) is 11.3. The van der Waals surface area contributed by atoms with Gasteiger partial charge >= 0.3 is 0 Å². The van der Waals surface area contributed by atoms with Gasteiger partial charge in [0.2, 0.25) is 0 Å². The molecular formula is C18H30N4O. The van der Waals surface area contributed by atoms with Gasteiger partial charge in [-0.1, -0.05) is 0 Å². The first-order valence-electron chi connectivity index (χ1n) is 9.26. The summed E-state index contributed by atoms with van der Waals surface area (Å²) in [6.07, 6.45) is 10.6. The number of hydrogen-bond acceptors (Lipinski definition) is 4. The van der Waals surface area contributed by atoms with Crippen LogP contribution in [0.1, 0.15) is 37.9 Å². The number of aromatic nitrogens is 2. The Balaban J connectivity index is 1.41. The van der Waals surface area contributed by atoms with Crippen molar-refractivity contribution < 1.29 is 4.74 Å². The van der Waals surface area contributed by atoms with Crippen molar-refractivity contribution in [2.75, 3.05) is 32.8 Å². The molecule has 1 N–H and O–H groups in total. The van der Waals surface area contributed by atoms with E-state index in [1.807, 2.05) is 6.20 Å². The molecule has 0 aromatic carbocycles. The van der Waals surface area contributed by atoms with Gasteiger partial charge in [-0.2, -0.15) is 0 Å². The Morgan fingerprint density at radius 1 is 1.43 bits per heavy atom. The zero-order chi connectivity index (χ0) is 15.7. The predicted molar refractivity (Wildman–Crippen MR) is 90.1 cm³/mol. The Labute approximate surface area is 139 Å². The highest BCUT2D eigenvalue weighted by Crippen LogP contribution is 2.56. The van der Waals surface area contributed by atoms with Crippen molar-refractivity contribution in [3.8, 4) is 0 Å². The van der Waals surface area contributed by atoms with Crippen LogP contribution in [0.3, 0.4) is 0 Å². The maximum absolute atomic E-state index is 5.56. The molecule has 0 radical (unpaired) electrons. The number of piperidine rings is 1. The number of imidazole rings is 1. The lowest BCUT2D eigenvalue weighted by atomic mass is 9.93. The molecule has 2 aliphatic heterocycles. The van der Waals surface area contributed by atoms with Crippen LogP contribution in [0.25, 0.3) is 0 Å². The quantitative estimate of drug-likeness (QED) is 0.868. The fourth-order valence-electron chi connectivity index (χ4n) is 4.54. The molecule has 5 nitrogen and oxygen atoms in total. The molecule has 128 valence electrons. The summed E-state index contributed by atoms with van der Waals surface area (Å²) in [5.41, 5.74) is 0.600. The summed E-state index contributed by atoms with van der Waals surface area (Å²) in [4.78, 5) is 7.29. The molecule has 1 spiro atoms. The maximum atomic E-state index is 5.56. The van der Waals surface area contributed by atoms with Crippen molar-refractivity contribution in [1.29, 1.82) is 0 Å². The molecule has 3 aliphatic rings. The highest BCUT2D eigenvalue weighted by atomic mass is 16.5. The van der Waals surface area contributed by atoms with E-state index >= 15 is 0 Å². The first kappa shape index (κ1) is 15.6. The second-order valence-electron chi connectivity index (χ2n) is 7.78. The molecule has 2 unspecified atom stereocenters. The average molecular weight is 318 g/mol. The minimum absolute atomic E-state index is 0.600. The molecule has 1 aromatic heterocycles. The van der Waals surface area contributed by atoms with Gasteiger partial charge in [0, 0.05) is 38.7 Å². The molecule has 1 aromatic rings. The van der Waals surface area contributed by atoms with Crippen LogP contribution in [0.5, 0.6) is 0 Å². The third-order valence-electron chi connectivity index (χ3n) is 6.30. The van der Waals surface area contributed by atoms with Crippen LogP contribution in [-0.4, -0.2) is 53.3 Å². The smallest absolute Gasteiger partial charge is 0.122 e. The highest BCUT2D eigenvalue weighted by molar-refractivity contribution is 5.11. The van der Waals surface area contributed by atoms with Crippen molar-refractivity contribution >= 4 is 0 Å². The lowest BCUT2D eigenvalue weighted by molar-refractivity contribution is 0.162. The summed E-state index contributed by atoms with van der Waals surface area (Å²) in [6.45, 7) is 6.52. The summed E-state index contributed by atoms with van der Waals surface area (Å²) in [5, 5.41) is 3.52. The van der Waals surface area contributed by atoms with E-state index in [9.17, 15) is 0 Å². The van der Waals surface area contributed by atoms with E-state index in [4.69, 9.17) is 4.74 Å². The van der Waals surface area contributed by atoms with Gasteiger partial charge in [-0.15, -0.1) is 0 Å². The fraction of sp³-hybridized carbons (Fsp3) is 0.833. The third-order valence-corrected chi connectivity index (χ3v) is 6.30. The second-order valence-corrected chi connectivity index (χ2v) is 7.78. The van der Waals surface area contributed by atoms with Crippen molar-refractivity contribution in [2.45, 2.75) is 44.7 Å². The Morgan fingerprint density at radius 2 is 2.30 bits per heavy atom. The van der Waals surface area contributed by atoms with E-state index in [1.54, 1.807) is 0 Å². The minimum atomic E-state index is 0.600. The Morgan fingerprint density at radius 3 is 3.00 bits per heavy atom. The standard InChI is InChI=1S/C18H30N4O/c1-21-10-8-20-17(21)13-22(9-2-15-3-11-23-14-15)16-12-18(16)4-6-19-7-5-18/h8,10,15-16,19H,2-7,9,11-14H2,1H3. The zero-order valence-corrected chi connectivity index (χ0v) is 14.3. The molecule has 2 atom stereocenters. The van der Waals surface area contributed by atoms with Crippen molar-refractivity contribution in [3.05, 3.63) is 18.2 Å². The molecule has 5 heteroatoms. The van der Waals surface area contributed by atoms with E-state index in [-0.39, 0.29) is 0 Å². The van der Waals surface area contributed by atoms with Gasteiger partial charge in [-0.3, -0.25) is 4.90 Å². The molecule has 2 saturated heterocycles. The monoisotopic (exact) mass is 318 g/mol. The van der Waals surface area contributed by atoms with Gasteiger partial charge in [-0.05, 0) is 63.1 Å². The van der Waals surface area contributed by atoms with Crippen LogP contribution in [-0.2, 0) is 18.3 Å². The van der Waals surface area contributed by atoms with Crippen molar-refractivity contribution in [3.63, 3.8) is 0 Å². The summed E-state index contributed by atoms with van der Waals surface area (Å²) in [6, 6.07) is 0.767. The third kappa shape index (κ3) is 3.32. The normalized spacial score (nSPS) is 29.5. The number of aryl methyl sites for hydroxylation is 1. The predicted octanol–water partition coefficient (Wildman–Crippen LogP) is 1.79. The molecule has 3 fully saturated rings. The Hall–Kier alpha value is -0.910. The van der Waals surface area contributed by atoms with Crippen LogP contribution >= 0.6 is 0 Å². The SMILES string of the molecule is Cn1ccnc1CN(CCC1CCOC1)C1CC12CCNCC2. The molecule has 23 heavy (non-hydrogen) atoms. The Bertz CT molecular complexity index is 517. The van der Waals surface area contributed by atoms with E-state index in [0.29, 0.717) is 5.41 Å². The number of nitrogens with zero attached hydrogens (tertiary/aromatic N) is 3. The summed E-state index contributed by atoms with van der Waals surface area (Å²) in [5.74, 6) is 1.96. The topological polar surface area (TPSA) is 42.3 Å². The number of nitrogens with one attached hydrogen (secondary N) is 1. The largest absolute Gasteiger partial charge is 0.381 e. The van der Waals surface area contributed by atoms with Crippen molar-refractivity contribution in [2.24, 2.45) is 18.4 Å². The molecule has 4 rings (SSSR count). The number of rotatable bonds is 6. The highest BCUT2D eigenvalue weighted by Gasteiger charge is 2.56. The average Bonchev–Trinajstić information content (AvgIpc) is 2.95. The van der Waals surface area contributed by atoms with Crippen LogP contribution in [0, 0.1) is 11.3 Å². The second kappa shape index (κ2) is 6.54. The van der Waals surface area contributed by atoms with E-state index < -0.39 is 0 Å². The molecule has 0 bridgehead atoms. The molecule has 1 saturated carbocycles.